The molecule has 2 aromatic carbocycles. The Balaban J connectivity index is 1.68. The van der Waals surface area contributed by atoms with Gasteiger partial charge >= 0.3 is 0 Å². The van der Waals surface area contributed by atoms with E-state index in [1.807, 2.05) is 30.3 Å². The highest BCUT2D eigenvalue weighted by Gasteiger charge is 2.21. The van der Waals surface area contributed by atoms with E-state index in [2.05, 4.69) is 10.6 Å². The molecule has 6 heteroatoms. The van der Waals surface area contributed by atoms with E-state index in [1.165, 1.54) is 24.3 Å². The van der Waals surface area contributed by atoms with E-state index in [0.29, 0.717) is 25.1 Å². The minimum absolute atomic E-state index is 0.119. The molecule has 5 nitrogen and oxygen atoms in total. The topological polar surface area (TPSA) is 84.2 Å². The summed E-state index contributed by atoms with van der Waals surface area (Å²) >= 11 is 0. The van der Waals surface area contributed by atoms with Crippen LogP contribution in [0.1, 0.15) is 35.3 Å². The molecule has 0 aliphatic carbocycles. The van der Waals surface area contributed by atoms with Crippen molar-refractivity contribution in [3.05, 3.63) is 71.5 Å². The monoisotopic (exact) mass is 357 g/mol. The maximum Gasteiger partial charge on any atom is 0.251 e. The molecule has 0 saturated heterocycles. The van der Waals surface area contributed by atoms with Gasteiger partial charge in [0.1, 0.15) is 5.82 Å². The largest absolute Gasteiger partial charge is 0.356 e. The molecular formula is C20H24FN3O2. The van der Waals surface area contributed by atoms with Crippen LogP contribution < -0.4 is 16.4 Å². The quantitative estimate of drug-likeness (QED) is 0.634. The zero-order valence-electron chi connectivity index (χ0n) is 14.7. The first-order valence-electron chi connectivity index (χ1n) is 8.61. The van der Waals surface area contributed by atoms with Crippen LogP contribution in [0.25, 0.3) is 0 Å². The zero-order chi connectivity index (χ0) is 18.9. The van der Waals surface area contributed by atoms with Gasteiger partial charge in [0, 0.05) is 24.7 Å². The van der Waals surface area contributed by atoms with Crippen molar-refractivity contribution in [2.24, 2.45) is 11.7 Å². The molecule has 2 atom stereocenters. The Labute approximate surface area is 152 Å². The molecule has 26 heavy (non-hydrogen) atoms. The van der Waals surface area contributed by atoms with Crippen LogP contribution in [0.2, 0.25) is 0 Å². The molecule has 138 valence electrons. The molecule has 0 aliphatic heterocycles. The smallest absolute Gasteiger partial charge is 0.251 e. The number of halogens is 1. The lowest BCUT2D eigenvalue weighted by Gasteiger charge is -2.19. The van der Waals surface area contributed by atoms with Gasteiger partial charge in [0.05, 0.1) is 5.92 Å². The van der Waals surface area contributed by atoms with Gasteiger partial charge in [-0.2, -0.15) is 0 Å². The van der Waals surface area contributed by atoms with E-state index in [9.17, 15) is 14.0 Å². The minimum atomic E-state index is -0.382. The van der Waals surface area contributed by atoms with Crippen LogP contribution in [0.3, 0.4) is 0 Å². The highest BCUT2D eigenvalue weighted by atomic mass is 19.1. The first-order valence-corrected chi connectivity index (χ1v) is 8.61. The Morgan fingerprint density at radius 2 is 1.62 bits per heavy atom. The summed E-state index contributed by atoms with van der Waals surface area (Å²) in [5.41, 5.74) is 7.46. The van der Waals surface area contributed by atoms with Gasteiger partial charge < -0.3 is 16.4 Å². The van der Waals surface area contributed by atoms with Crippen LogP contribution in [0.5, 0.6) is 0 Å². The summed E-state index contributed by atoms with van der Waals surface area (Å²) in [6.07, 6.45) is 0.589. The maximum absolute atomic E-state index is 12.8. The molecule has 2 amide bonds. The molecule has 0 radical (unpaired) electrons. The fraction of sp³-hybridized carbons (Fsp3) is 0.300. The first-order chi connectivity index (χ1) is 12.5. The lowest BCUT2D eigenvalue weighted by Crippen LogP contribution is -2.37. The Kier molecular flexibility index (Phi) is 7.29. The number of amides is 2. The van der Waals surface area contributed by atoms with E-state index < -0.39 is 0 Å². The molecule has 0 fully saturated rings. The van der Waals surface area contributed by atoms with Gasteiger partial charge in [-0.15, -0.1) is 0 Å². The summed E-state index contributed by atoms with van der Waals surface area (Å²) in [6.45, 7) is 2.65. The number of nitrogens with two attached hydrogens (primary N) is 1. The van der Waals surface area contributed by atoms with Crippen molar-refractivity contribution < 1.29 is 14.0 Å². The van der Waals surface area contributed by atoms with Gasteiger partial charge in [0.15, 0.2) is 0 Å². The van der Waals surface area contributed by atoms with E-state index in [0.717, 1.165) is 5.56 Å². The first kappa shape index (κ1) is 19.6. The minimum Gasteiger partial charge on any atom is -0.356 e. The lowest BCUT2D eigenvalue weighted by atomic mass is 9.95. The number of carbonyl (C=O) groups excluding carboxylic acids is 2. The normalized spacial score (nSPS) is 12.9. The van der Waals surface area contributed by atoms with Crippen LogP contribution in [-0.2, 0) is 4.79 Å². The Morgan fingerprint density at radius 1 is 1.00 bits per heavy atom. The second-order valence-electron chi connectivity index (χ2n) is 6.13. The predicted octanol–water partition coefficient (Wildman–Crippen LogP) is 2.40. The molecule has 2 unspecified atom stereocenters. The van der Waals surface area contributed by atoms with Crippen molar-refractivity contribution in [3.63, 3.8) is 0 Å². The highest BCUT2D eigenvalue weighted by molar-refractivity contribution is 5.94. The van der Waals surface area contributed by atoms with Gasteiger partial charge in [-0.25, -0.2) is 4.39 Å². The fourth-order valence-electron chi connectivity index (χ4n) is 2.49. The summed E-state index contributed by atoms with van der Waals surface area (Å²) in [6, 6.07) is 14.5. The second-order valence-corrected chi connectivity index (χ2v) is 6.13. The van der Waals surface area contributed by atoms with Crippen molar-refractivity contribution in [3.8, 4) is 0 Å². The third-order valence-electron chi connectivity index (χ3n) is 4.18. The van der Waals surface area contributed by atoms with E-state index in [1.54, 1.807) is 6.92 Å². The molecule has 0 saturated carbocycles. The van der Waals surface area contributed by atoms with Gasteiger partial charge in [0.2, 0.25) is 5.91 Å². The lowest BCUT2D eigenvalue weighted by molar-refractivity contribution is -0.125. The third kappa shape index (κ3) is 5.67. The molecule has 0 heterocycles. The summed E-state index contributed by atoms with van der Waals surface area (Å²) in [7, 11) is 0. The van der Waals surface area contributed by atoms with E-state index in [4.69, 9.17) is 5.73 Å². The summed E-state index contributed by atoms with van der Waals surface area (Å²) in [5.74, 6) is -1.12. The van der Waals surface area contributed by atoms with E-state index >= 15 is 0 Å². The molecule has 4 N–H and O–H groups in total. The average molecular weight is 357 g/mol. The summed E-state index contributed by atoms with van der Waals surface area (Å²) in [5, 5.41) is 5.57. The number of rotatable bonds is 8. The van der Waals surface area contributed by atoms with Crippen molar-refractivity contribution >= 4 is 11.8 Å². The molecule has 0 aromatic heterocycles. The number of benzene rings is 2. The molecule has 0 bridgehead atoms. The Bertz CT molecular complexity index is 720. The average Bonchev–Trinajstić information content (AvgIpc) is 2.67. The SMILES string of the molecule is CC(C(=O)NCCCNC(=O)c1ccc(F)cc1)C(N)c1ccccc1. The summed E-state index contributed by atoms with van der Waals surface area (Å²) < 4.78 is 12.8. The molecule has 2 aromatic rings. The van der Waals surface area contributed by atoms with Gasteiger partial charge in [-0.05, 0) is 36.2 Å². The number of hydrogen-bond acceptors (Lipinski definition) is 3. The summed E-state index contributed by atoms with van der Waals surface area (Å²) in [4.78, 5) is 24.1. The second kappa shape index (κ2) is 9.68. The van der Waals surface area contributed by atoms with Crippen molar-refractivity contribution in [2.45, 2.75) is 19.4 Å². The zero-order valence-corrected chi connectivity index (χ0v) is 14.7. The highest BCUT2D eigenvalue weighted by Crippen LogP contribution is 2.18. The van der Waals surface area contributed by atoms with Gasteiger partial charge in [-0.3, -0.25) is 9.59 Å². The van der Waals surface area contributed by atoms with Crippen molar-refractivity contribution in [1.82, 2.24) is 10.6 Å². The molecule has 0 aliphatic rings. The van der Waals surface area contributed by atoms with Crippen molar-refractivity contribution in [1.29, 1.82) is 0 Å². The maximum atomic E-state index is 12.8. The van der Waals surface area contributed by atoms with Crippen LogP contribution in [-0.4, -0.2) is 24.9 Å². The standard InChI is InChI=1S/C20H24FN3O2/c1-14(18(22)15-6-3-2-4-7-15)19(25)23-12-5-13-24-20(26)16-8-10-17(21)11-9-16/h2-4,6-11,14,18H,5,12-13,22H2,1H3,(H,23,25)(H,24,26). The van der Waals surface area contributed by atoms with Crippen LogP contribution >= 0.6 is 0 Å². The Morgan fingerprint density at radius 3 is 2.27 bits per heavy atom. The van der Waals surface area contributed by atoms with Gasteiger partial charge in [-0.1, -0.05) is 37.3 Å². The van der Waals surface area contributed by atoms with Crippen molar-refractivity contribution in [2.75, 3.05) is 13.1 Å². The molecule has 0 spiro atoms. The Hall–Kier alpha value is -2.73. The van der Waals surface area contributed by atoms with Gasteiger partial charge in [0.25, 0.3) is 5.91 Å². The fourth-order valence-corrected chi connectivity index (χ4v) is 2.49. The molecular weight excluding hydrogens is 333 g/mol. The number of hydrogen-bond donors (Lipinski definition) is 3. The number of nitrogens with one attached hydrogen (secondary N) is 2. The number of carbonyl (C=O) groups is 2. The van der Waals surface area contributed by atoms with Crippen LogP contribution in [0.4, 0.5) is 4.39 Å². The van der Waals surface area contributed by atoms with Crippen LogP contribution in [0.15, 0.2) is 54.6 Å². The van der Waals surface area contributed by atoms with Crippen LogP contribution in [0, 0.1) is 11.7 Å². The molecule has 2 rings (SSSR count). The predicted molar refractivity (Wildman–Crippen MR) is 98.9 cm³/mol. The third-order valence-corrected chi connectivity index (χ3v) is 4.18. The van der Waals surface area contributed by atoms with E-state index in [-0.39, 0.29) is 29.6 Å².